The van der Waals surface area contributed by atoms with Gasteiger partial charge in [0.15, 0.2) is 0 Å². The molecule has 0 radical (unpaired) electrons. The van der Waals surface area contributed by atoms with Gasteiger partial charge in [-0.15, -0.1) is 11.3 Å². The first-order valence-electron chi connectivity index (χ1n) is 7.03. The van der Waals surface area contributed by atoms with Crippen LogP contribution in [-0.4, -0.2) is 16.6 Å². The number of hydrogen-bond acceptors (Lipinski definition) is 5. The van der Waals surface area contributed by atoms with Crippen molar-refractivity contribution >= 4 is 33.1 Å². The van der Waals surface area contributed by atoms with Gasteiger partial charge in [0, 0.05) is 10.6 Å². The highest BCUT2D eigenvalue weighted by Crippen LogP contribution is 2.30. The third-order valence-electron chi connectivity index (χ3n) is 3.16. The Morgan fingerprint density at radius 2 is 1.95 bits per heavy atom. The minimum absolute atomic E-state index is 0.675. The molecule has 2 aromatic heterocycles. The second-order valence-electron chi connectivity index (χ2n) is 4.59. The summed E-state index contributed by atoms with van der Waals surface area (Å²) in [6.07, 6.45) is 2.62. The van der Waals surface area contributed by atoms with Crippen LogP contribution in [0.5, 0.6) is 5.75 Å². The molecule has 3 rings (SSSR count). The van der Waals surface area contributed by atoms with Gasteiger partial charge in [-0.3, -0.25) is 0 Å². The molecule has 4 nitrogen and oxygen atoms in total. The molecule has 108 valence electrons. The maximum Gasteiger partial charge on any atom is 0.142 e. The number of nitrogens with zero attached hydrogens (tertiary/aromatic N) is 2. The Labute approximate surface area is 127 Å². The zero-order valence-electron chi connectivity index (χ0n) is 12.1. The average Bonchev–Trinajstić information content (AvgIpc) is 2.94. The van der Waals surface area contributed by atoms with Gasteiger partial charge < -0.3 is 10.1 Å². The third kappa shape index (κ3) is 2.97. The van der Waals surface area contributed by atoms with E-state index < -0.39 is 0 Å². The summed E-state index contributed by atoms with van der Waals surface area (Å²) in [6, 6.07) is 10.1. The molecule has 0 unspecified atom stereocenters. The molecule has 5 heteroatoms. The largest absolute Gasteiger partial charge is 0.494 e. The number of nitrogens with one attached hydrogen (secondary N) is 1. The van der Waals surface area contributed by atoms with Gasteiger partial charge in [-0.25, -0.2) is 9.97 Å². The van der Waals surface area contributed by atoms with E-state index in [1.165, 1.54) is 4.88 Å². The van der Waals surface area contributed by atoms with Gasteiger partial charge in [-0.2, -0.15) is 0 Å². The summed E-state index contributed by atoms with van der Waals surface area (Å²) in [6.45, 7) is 4.80. The molecule has 0 aliphatic carbocycles. The highest BCUT2D eigenvalue weighted by molar-refractivity contribution is 7.18. The molecule has 1 N–H and O–H groups in total. The van der Waals surface area contributed by atoms with Crippen molar-refractivity contribution in [2.75, 3.05) is 11.9 Å². The fourth-order valence-electron chi connectivity index (χ4n) is 2.12. The standard InChI is InChI=1S/C16H17N3OS/c1-3-13-9-14-15(17-10-18-16(14)21-13)19-11-5-7-12(8-6-11)20-4-2/h5-10H,3-4H2,1-2H3,(H,17,18,19). The summed E-state index contributed by atoms with van der Waals surface area (Å²) < 4.78 is 5.45. The van der Waals surface area contributed by atoms with E-state index in [9.17, 15) is 0 Å². The van der Waals surface area contributed by atoms with Crippen LogP contribution in [0, 0.1) is 0 Å². The molecule has 21 heavy (non-hydrogen) atoms. The van der Waals surface area contributed by atoms with Crippen LogP contribution < -0.4 is 10.1 Å². The van der Waals surface area contributed by atoms with Crippen molar-refractivity contribution in [1.29, 1.82) is 0 Å². The Hall–Kier alpha value is -2.14. The number of fused-ring (bicyclic) bond motifs is 1. The Morgan fingerprint density at radius 3 is 2.67 bits per heavy atom. The van der Waals surface area contributed by atoms with Gasteiger partial charge in [-0.1, -0.05) is 6.92 Å². The first kappa shape index (κ1) is 13.8. The molecule has 1 aromatic carbocycles. The highest BCUT2D eigenvalue weighted by Gasteiger charge is 2.08. The number of aromatic nitrogens is 2. The lowest BCUT2D eigenvalue weighted by molar-refractivity contribution is 0.340. The molecule has 0 amide bonds. The monoisotopic (exact) mass is 299 g/mol. The van der Waals surface area contributed by atoms with Crippen LogP contribution in [0.25, 0.3) is 10.2 Å². The van der Waals surface area contributed by atoms with Gasteiger partial charge in [0.25, 0.3) is 0 Å². The predicted octanol–water partition coefficient (Wildman–Crippen LogP) is 4.40. The Balaban J connectivity index is 1.88. The Bertz CT molecular complexity index is 737. The van der Waals surface area contributed by atoms with Crippen LogP contribution >= 0.6 is 11.3 Å². The highest BCUT2D eigenvalue weighted by atomic mass is 32.1. The van der Waals surface area contributed by atoms with Crippen molar-refractivity contribution in [1.82, 2.24) is 9.97 Å². The van der Waals surface area contributed by atoms with Gasteiger partial charge in [0.2, 0.25) is 0 Å². The van der Waals surface area contributed by atoms with Crippen molar-refractivity contribution in [2.45, 2.75) is 20.3 Å². The number of hydrogen-bond donors (Lipinski definition) is 1. The summed E-state index contributed by atoms with van der Waals surface area (Å²) in [5.74, 6) is 1.72. The van der Waals surface area contributed by atoms with Crippen molar-refractivity contribution in [2.24, 2.45) is 0 Å². The topological polar surface area (TPSA) is 47.0 Å². The quantitative estimate of drug-likeness (QED) is 0.758. The maximum absolute atomic E-state index is 5.45. The first-order valence-corrected chi connectivity index (χ1v) is 7.85. The molecule has 0 aliphatic heterocycles. The van der Waals surface area contributed by atoms with Crippen molar-refractivity contribution in [3.8, 4) is 5.75 Å². The lowest BCUT2D eigenvalue weighted by Crippen LogP contribution is -1.95. The van der Waals surface area contributed by atoms with E-state index in [1.54, 1.807) is 17.7 Å². The second kappa shape index (κ2) is 6.10. The van der Waals surface area contributed by atoms with E-state index in [-0.39, 0.29) is 0 Å². The van der Waals surface area contributed by atoms with Crippen LogP contribution in [0.4, 0.5) is 11.5 Å². The van der Waals surface area contributed by atoms with E-state index in [0.29, 0.717) is 6.61 Å². The molecule has 0 spiro atoms. The average molecular weight is 299 g/mol. The van der Waals surface area contributed by atoms with Gasteiger partial charge in [0.1, 0.15) is 22.7 Å². The summed E-state index contributed by atoms with van der Waals surface area (Å²) in [5.41, 5.74) is 0.989. The summed E-state index contributed by atoms with van der Waals surface area (Å²) in [5, 5.41) is 4.43. The first-order chi connectivity index (χ1) is 10.3. The van der Waals surface area contributed by atoms with E-state index in [2.05, 4.69) is 28.3 Å². The fraction of sp³-hybridized carbons (Fsp3) is 0.250. The van der Waals surface area contributed by atoms with Crippen molar-refractivity contribution < 1.29 is 4.74 Å². The minimum Gasteiger partial charge on any atom is -0.494 e. The van der Waals surface area contributed by atoms with Crippen LogP contribution in [0.15, 0.2) is 36.7 Å². The van der Waals surface area contributed by atoms with E-state index in [0.717, 1.165) is 33.9 Å². The minimum atomic E-state index is 0.675. The Kier molecular flexibility index (Phi) is 4.01. The smallest absolute Gasteiger partial charge is 0.142 e. The van der Waals surface area contributed by atoms with Gasteiger partial charge >= 0.3 is 0 Å². The number of ether oxygens (including phenoxy) is 1. The number of rotatable bonds is 5. The van der Waals surface area contributed by atoms with Gasteiger partial charge in [0.05, 0.1) is 12.0 Å². The number of aryl methyl sites for hydroxylation is 1. The molecule has 3 aromatic rings. The van der Waals surface area contributed by atoms with Crippen LogP contribution in [0.3, 0.4) is 0 Å². The van der Waals surface area contributed by atoms with Crippen molar-refractivity contribution in [3.63, 3.8) is 0 Å². The predicted molar refractivity (Wildman–Crippen MR) is 87.7 cm³/mol. The van der Waals surface area contributed by atoms with Crippen LogP contribution in [0.1, 0.15) is 18.7 Å². The van der Waals surface area contributed by atoms with E-state index in [4.69, 9.17) is 4.74 Å². The molecule has 0 bridgehead atoms. The van der Waals surface area contributed by atoms with Crippen LogP contribution in [0.2, 0.25) is 0 Å². The zero-order chi connectivity index (χ0) is 14.7. The molecule has 0 saturated heterocycles. The van der Waals surface area contributed by atoms with E-state index >= 15 is 0 Å². The van der Waals surface area contributed by atoms with Gasteiger partial charge in [-0.05, 0) is 43.7 Å². The summed E-state index contributed by atoms with van der Waals surface area (Å²) in [7, 11) is 0. The summed E-state index contributed by atoms with van der Waals surface area (Å²) in [4.78, 5) is 11.0. The molecular formula is C16H17N3OS. The molecule has 0 atom stereocenters. The maximum atomic E-state index is 5.45. The van der Waals surface area contributed by atoms with Crippen molar-refractivity contribution in [3.05, 3.63) is 41.5 Å². The van der Waals surface area contributed by atoms with Crippen LogP contribution in [-0.2, 0) is 6.42 Å². The van der Waals surface area contributed by atoms with E-state index in [1.807, 2.05) is 31.2 Å². The fourth-order valence-corrected chi connectivity index (χ4v) is 3.05. The third-order valence-corrected chi connectivity index (χ3v) is 4.34. The molecule has 0 aliphatic rings. The zero-order valence-corrected chi connectivity index (χ0v) is 12.9. The molecule has 0 saturated carbocycles. The number of thiophene rings is 1. The normalized spacial score (nSPS) is 10.8. The SMILES string of the molecule is CCOc1ccc(Nc2ncnc3sc(CC)cc23)cc1. The summed E-state index contributed by atoms with van der Waals surface area (Å²) >= 11 is 1.72. The molecule has 0 fully saturated rings. The number of benzene rings is 1. The lowest BCUT2D eigenvalue weighted by Gasteiger charge is -2.08. The Morgan fingerprint density at radius 1 is 1.14 bits per heavy atom. The number of anilines is 2. The lowest BCUT2D eigenvalue weighted by atomic mass is 10.2. The second-order valence-corrected chi connectivity index (χ2v) is 5.70. The molecular weight excluding hydrogens is 282 g/mol. The molecule has 2 heterocycles.